The van der Waals surface area contributed by atoms with Crippen molar-refractivity contribution >= 4 is 17.7 Å². The summed E-state index contributed by atoms with van der Waals surface area (Å²) in [5.74, 6) is -0.917. The van der Waals surface area contributed by atoms with Gasteiger partial charge in [0.1, 0.15) is 11.6 Å². The van der Waals surface area contributed by atoms with Crippen molar-refractivity contribution in [1.82, 2.24) is 14.8 Å². The average molecular weight is 217 g/mol. The number of ether oxygens (including phenoxy) is 1. The molecule has 0 amide bonds. The van der Waals surface area contributed by atoms with E-state index < -0.39 is 11.2 Å². The van der Waals surface area contributed by atoms with E-state index in [1.807, 2.05) is 0 Å². The van der Waals surface area contributed by atoms with E-state index in [4.69, 9.17) is 9.84 Å². The summed E-state index contributed by atoms with van der Waals surface area (Å²) in [5.41, 5.74) is 0. The highest BCUT2D eigenvalue weighted by Gasteiger charge is 2.20. The summed E-state index contributed by atoms with van der Waals surface area (Å²) in [6, 6.07) is 0. The molecule has 14 heavy (non-hydrogen) atoms. The van der Waals surface area contributed by atoms with E-state index in [0.29, 0.717) is 5.16 Å². The van der Waals surface area contributed by atoms with Crippen molar-refractivity contribution in [1.29, 1.82) is 0 Å². The van der Waals surface area contributed by atoms with E-state index in [-0.39, 0.29) is 6.61 Å². The number of hydrogen-bond donors (Lipinski definition) is 1. The lowest BCUT2D eigenvalue weighted by atomic mass is 10.5. The Morgan fingerprint density at radius 1 is 1.86 bits per heavy atom. The molecule has 1 atom stereocenters. The highest BCUT2D eigenvalue weighted by atomic mass is 32.2. The Bertz CT molecular complexity index is 315. The Hall–Kier alpha value is -1.08. The number of aliphatic carboxylic acids is 1. The lowest BCUT2D eigenvalue weighted by Crippen LogP contribution is -2.22. The summed E-state index contributed by atoms with van der Waals surface area (Å²) < 4.78 is 6.32. The molecule has 6 nitrogen and oxygen atoms in total. The number of carboxylic acid groups (broad SMARTS) is 1. The first-order valence-corrected chi connectivity index (χ1v) is 4.75. The molecule has 0 aliphatic carbocycles. The third-order valence-corrected chi connectivity index (χ3v) is 2.71. The zero-order valence-corrected chi connectivity index (χ0v) is 8.69. The minimum absolute atomic E-state index is 0.146. The van der Waals surface area contributed by atoms with Crippen molar-refractivity contribution in [3.05, 3.63) is 6.33 Å². The van der Waals surface area contributed by atoms with Crippen molar-refractivity contribution in [3.63, 3.8) is 0 Å². The zero-order chi connectivity index (χ0) is 10.6. The van der Waals surface area contributed by atoms with Crippen LogP contribution in [0.5, 0.6) is 0 Å². The second-order valence-corrected chi connectivity index (χ2v) is 3.74. The van der Waals surface area contributed by atoms with Crippen LogP contribution >= 0.6 is 11.8 Å². The van der Waals surface area contributed by atoms with Gasteiger partial charge in [0.15, 0.2) is 5.16 Å². The fourth-order valence-electron chi connectivity index (χ4n) is 0.827. The lowest BCUT2D eigenvalue weighted by Gasteiger charge is -2.09. The van der Waals surface area contributed by atoms with Gasteiger partial charge in [-0.05, 0) is 0 Å². The van der Waals surface area contributed by atoms with Crippen LogP contribution in [-0.2, 0) is 16.6 Å². The Morgan fingerprint density at radius 2 is 2.57 bits per heavy atom. The topological polar surface area (TPSA) is 77.2 Å². The van der Waals surface area contributed by atoms with Gasteiger partial charge >= 0.3 is 5.97 Å². The van der Waals surface area contributed by atoms with Crippen LogP contribution in [0.4, 0.5) is 0 Å². The predicted molar refractivity (Wildman–Crippen MR) is 50.2 cm³/mol. The molecular formula is C7H11N3O3S. The number of hydrogen-bond acceptors (Lipinski definition) is 5. The number of nitrogens with zero attached hydrogens (tertiary/aromatic N) is 3. The highest BCUT2D eigenvalue weighted by molar-refractivity contribution is 8.00. The summed E-state index contributed by atoms with van der Waals surface area (Å²) in [5, 5.41) is 12.6. The Labute approximate surface area is 85.3 Å². The molecule has 0 saturated heterocycles. The zero-order valence-electron chi connectivity index (χ0n) is 7.88. The smallest absolute Gasteiger partial charge is 0.319 e. The fraction of sp³-hybridized carbons (Fsp3) is 0.571. The van der Waals surface area contributed by atoms with Crippen LogP contribution in [0.3, 0.4) is 0 Å². The lowest BCUT2D eigenvalue weighted by molar-refractivity contribution is -0.137. The fourth-order valence-corrected chi connectivity index (χ4v) is 1.69. The van der Waals surface area contributed by atoms with Crippen molar-refractivity contribution < 1.29 is 14.6 Å². The molecule has 7 heteroatoms. The first kappa shape index (κ1) is 11.0. The van der Waals surface area contributed by atoms with E-state index in [9.17, 15) is 4.79 Å². The van der Waals surface area contributed by atoms with Gasteiger partial charge in [-0.25, -0.2) is 9.67 Å². The number of rotatable bonds is 5. The highest BCUT2D eigenvalue weighted by Crippen LogP contribution is 2.20. The molecule has 0 radical (unpaired) electrons. The quantitative estimate of drug-likeness (QED) is 0.700. The molecule has 0 spiro atoms. The van der Waals surface area contributed by atoms with E-state index in [2.05, 4.69) is 10.1 Å². The maximum Gasteiger partial charge on any atom is 0.319 e. The van der Waals surface area contributed by atoms with Gasteiger partial charge in [0, 0.05) is 14.2 Å². The Balaban J connectivity index is 2.64. The molecular weight excluding hydrogens is 206 g/mol. The molecule has 1 rings (SSSR count). The maximum absolute atomic E-state index is 10.8. The molecule has 0 aliphatic rings. The van der Waals surface area contributed by atoms with Crippen LogP contribution in [0.25, 0.3) is 0 Å². The molecule has 0 aliphatic heterocycles. The van der Waals surface area contributed by atoms with Crippen molar-refractivity contribution in [2.75, 3.05) is 13.7 Å². The summed E-state index contributed by atoms with van der Waals surface area (Å²) in [7, 11) is 3.17. The van der Waals surface area contributed by atoms with Crippen LogP contribution < -0.4 is 0 Å². The number of thioether (sulfide) groups is 1. The van der Waals surface area contributed by atoms with Gasteiger partial charge in [-0.3, -0.25) is 4.79 Å². The van der Waals surface area contributed by atoms with Gasteiger partial charge < -0.3 is 9.84 Å². The van der Waals surface area contributed by atoms with E-state index in [0.717, 1.165) is 11.8 Å². The first-order valence-electron chi connectivity index (χ1n) is 3.87. The number of carbonyl (C=O) groups is 1. The molecule has 1 N–H and O–H groups in total. The number of carboxylic acids is 1. The first-order chi connectivity index (χ1) is 6.65. The van der Waals surface area contributed by atoms with Crippen LogP contribution in [0.2, 0.25) is 0 Å². The maximum atomic E-state index is 10.8. The molecule has 1 unspecified atom stereocenters. The van der Waals surface area contributed by atoms with E-state index >= 15 is 0 Å². The van der Waals surface area contributed by atoms with E-state index in [1.165, 1.54) is 18.1 Å². The minimum Gasteiger partial charge on any atom is -0.480 e. The number of methoxy groups -OCH3 is 1. The third-order valence-electron chi connectivity index (χ3n) is 1.51. The second kappa shape index (κ2) is 4.97. The summed E-state index contributed by atoms with van der Waals surface area (Å²) in [6.45, 7) is 0.146. The molecule has 0 bridgehead atoms. The third kappa shape index (κ3) is 2.71. The van der Waals surface area contributed by atoms with Crippen LogP contribution in [-0.4, -0.2) is 44.8 Å². The Morgan fingerprint density at radius 3 is 3.00 bits per heavy atom. The van der Waals surface area contributed by atoms with Crippen molar-refractivity contribution in [2.45, 2.75) is 10.4 Å². The van der Waals surface area contributed by atoms with Gasteiger partial charge in [-0.2, -0.15) is 5.10 Å². The standard InChI is InChI=1S/C7H11N3O3S/c1-10-7(8-4-9-10)14-5(3-13-2)6(11)12/h4-5H,3H2,1-2H3,(H,11,12). The summed E-state index contributed by atoms with van der Waals surface area (Å²) in [6.07, 6.45) is 1.38. The molecule has 78 valence electrons. The van der Waals surface area contributed by atoms with Crippen LogP contribution in [0.15, 0.2) is 11.5 Å². The van der Waals surface area contributed by atoms with E-state index in [1.54, 1.807) is 7.05 Å². The van der Waals surface area contributed by atoms with Gasteiger partial charge in [-0.1, -0.05) is 11.8 Å². The van der Waals surface area contributed by atoms with Gasteiger partial charge in [0.25, 0.3) is 0 Å². The SMILES string of the molecule is COCC(Sc1ncnn1C)C(=O)O. The number of aryl methyl sites for hydroxylation is 1. The summed E-state index contributed by atoms with van der Waals surface area (Å²) in [4.78, 5) is 14.7. The van der Waals surface area contributed by atoms with Gasteiger partial charge in [0.05, 0.1) is 6.61 Å². The van der Waals surface area contributed by atoms with Gasteiger partial charge in [-0.15, -0.1) is 0 Å². The Kier molecular flexibility index (Phi) is 3.90. The largest absolute Gasteiger partial charge is 0.480 e. The predicted octanol–water partition coefficient (Wildman–Crippen LogP) is 0.00680. The average Bonchev–Trinajstić information content (AvgIpc) is 2.51. The monoisotopic (exact) mass is 217 g/mol. The molecule has 0 fully saturated rings. The molecule has 1 aromatic rings. The minimum atomic E-state index is -0.917. The number of aromatic nitrogens is 3. The molecule has 1 aromatic heterocycles. The molecule has 0 aromatic carbocycles. The normalized spacial score (nSPS) is 12.7. The molecule has 1 heterocycles. The molecule has 0 saturated carbocycles. The van der Waals surface area contributed by atoms with Crippen molar-refractivity contribution in [2.24, 2.45) is 7.05 Å². The van der Waals surface area contributed by atoms with Crippen LogP contribution in [0, 0.1) is 0 Å². The van der Waals surface area contributed by atoms with Crippen LogP contribution in [0.1, 0.15) is 0 Å². The second-order valence-electron chi connectivity index (χ2n) is 2.57. The van der Waals surface area contributed by atoms with Gasteiger partial charge in [0.2, 0.25) is 0 Å². The van der Waals surface area contributed by atoms with Crippen molar-refractivity contribution in [3.8, 4) is 0 Å². The summed E-state index contributed by atoms with van der Waals surface area (Å²) >= 11 is 1.12.